The predicted molar refractivity (Wildman–Crippen MR) is 46.3 cm³/mol. The summed E-state index contributed by atoms with van der Waals surface area (Å²) in [6.45, 7) is 1.50. The molecule has 1 heterocycles. The number of hydrogen-bond acceptors (Lipinski definition) is 2. The summed E-state index contributed by atoms with van der Waals surface area (Å²) in [5.74, 6) is 0.195. The summed E-state index contributed by atoms with van der Waals surface area (Å²) in [6.07, 6.45) is 0.923. The number of nitrogens with zero attached hydrogens (tertiary/aromatic N) is 4. The fourth-order valence-electron chi connectivity index (χ4n) is 1.54. The Morgan fingerprint density at radius 1 is 1.77 bits per heavy atom. The Hall–Kier alpha value is -1.42. The maximum absolute atomic E-state index is 10.6. The maximum Gasteiger partial charge on any atom is 0.407 e. The molecule has 0 aromatic heterocycles. The van der Waals surface area contributed by atoms with Gasteiger partial charge in [0.25, 0.3) is 0 Å². The topological polar surface area (TPSA) is 89.3 Å². The average molecular weight is 184 g/mol. The van der Waals surface area contributed by atoms with Crippen molar-refractivity contribution in [2.24, 2.45) is 11.0 Å². The van der Waals surface area contributed by atoms with Crippen molar-refractivity contribution in [3.8, 4) is 0 Å². The van der Waals surface area contributed by atoms with Crippen LogP contribution in [0.1, 0.15) is 12.8 Å². The van der Waals surface area contributed by atoms with E-state index in [1.165, 1.54) is 4.90 Å². The van der Waals surface area contributed by atoms with Gasteiger partial charge in [0.2, 0.25) is 0 Å². The molecule has 1 saturated heterocycles. The van der Waals surface area contributed by atoms with Crippen LogP contribution in [-0.4, -0.2) is 35.7 Å². The smallest absolute Gasteiger partial charge is 0.407 e. The fraction of sp³-hybridized carbons (Fsp3) is 0.857. The molecule has 6 heteroatoms. The van der Waals surface area contributed by atoms with E-state index >= 15 is 0 Å². The van der Waals surface area contributed by atoms with Crippen LogP contribution in [0.2, 0.25) is 0 Å². The molecule has 0 radical (unpaired) electrons. The molecule has 6 nitrogen and oxygen atoms in total. The molecule has 0 bridgehead atoms. The lowest BCUT2D eigenvalue weighted by molar-refractivity contribution is 0.121. The molecule has 1 unspecified atom stereocenters. The lowest BCUT2D eigenvalue weighted by Gasteiger charge is -2.29. The Kier molecular flexibility index (Phi) is 3.40. The molecule has 72 valence electrons. The molecule has 0 aromatic rings. The van der Waals surface area contributed by atoms with Crippen molar-refractivity contribution in [1.29, 1.82) is 0 Å². The summed E-state index contributed by atoms with van der Waals surface area (Å²) in [4.78, 5) is 14.6. The van der Waals surface area contributed by atoms with Gasteiger partial charge in [-0.2, -0.15) is 0 Å². The summed E-state index contributed by atoms with van der Waals surface area (Å²) in [5, 5.41) is 12.2. The standard InChI is InChI=1S/C7H12N4O2/c8-10-9-4-6-2-1-3-11(5-6)7(12)13/h6H,1-5H2,(H,12,13). The number of piperidine rings is 1. The number of carbonyl (C=O) groups is 1. The number of carboxylic acid groups (broad SMARTS) is 1. The molecule has 1 rings (SSSR count). The lowest BCUT2D eigenvalue weighted by Crippen LogP contribution is -2.39. The Bertz CT molecular complexity index is 237. The highest BCUT2D eigenvalue weighted by Gasteiger charge is 2.22. The molecule has 0 aliphatic carbocycles. The van der Waals surface area contributed by atoms with Gasteiger partial charge in [-0.15, -0.1) is 0 Å². The van der Waals surface area contributed by atoms with Crippen molar-refractivity contribution in [1.82, 2.24) is 4.90 Å². The first-order valence-electron chi connectivity index (χ1n) is 4.22. The van der Waals surface area contributed by atoms with Gasteiger partial charge in [-0.1, -0.05) is 5.11 Å². The van der Waals surface area contributed by atoms with Gasteiger partial charge in [0, 0.05) is 24.5 Å². The Labute approximate surface area is 75.8 Å². The minimum atomic E-state index is -0.884. The van der Waals surface area contributed by atoms with E-state index in [0.717, 1.165) is 12.8 Å². The molecular formula is C7H12N4O2. The van der Waals surface area contributed by atoms with Crippen LogP contribution < -0.4 is 0 Å². The zero-order valence-electron chi connectivity index (χ0n) is 7.26. The van der Waals surface area contributed by atoms with E-state index < -0.39 is 6.09 Å². The molecule has 1 fully saturated rings. The van der Waals surface area contributed by atoms with E-state index in [0.29, 0.717) is 19.6 Å². The highest BCUT2D eigenvalue weighted by molar-refractivity contribution is 5.65. The first-order valence-corrected chi connectivity index (χ1v) is 4.22. The summed E-state index contributed by atoms with van der Waals surface area (Å²) < 4.78 is 0. The van der Waals surface area contributed by atoms with Crippen LogP contribution in [0.15, 0.2) is 5.11 Å². The van der Waals surface area contributed by atoms with Crippen LogP contribution in [0.5, 0.6) is 0 Å². The van der Waals surface area contributed by atoms with Crippen LogP contribution in [0.4, 0.5) is 4.79 Å². The maximum atomic E-state index is 10.6. The first-order chi connectivity index (χ1) is 6.24. The molecule has 1 amide bonds. The Morgan fingerprint density at radius 3 is 3.15 bits per heavy atom. The van der Waals surface area contributed by atoms with E-state index in [2.05, 4.69) is 10.0 Å². The van der Waals surface area contributed by atoms with E-state index in [1.54, 1.807) is 0 Å². The summed E-state index contributed by atoms with van der Waals surface area (Å²) in [5.41, 5.74) is 8.10. The second kappa shape index (κ2) is 4.57. The van der Waals surface area contributed by atoms with Crippen LogP contribution >= 0.6 is 0 Å². The Balaban J connectivity index is 2.41. The largest absolute Gasteiger partial charge is 0.465 e. The fourth-order valence-corrected chi connectivity index (χ4v) is 1.54. The van der Waals surface area contributed by atoms with Crippen LogP contribution in [0, 0.1) is 5.92 Å². The lowest BCUT2D eigenvalue weighted by atomic mass is 9.99. The van der Waals surface area contributed by atoms with Crippen LogP contribution in [0.25, 0.3) is 10.4 Å². The van der Waals surface area contributed by atoms with Crippen molar-refractivity contribution in [2.75, 3.05) is 19.6 Å². The van der Waals surface area contributed by atoms with Crippen molar-refractivity contribution in [3.05, 3.63) is 10.4 Å². The van der Waals surface area contributed by atoms with E-state index in [-0.39, 0.29) is 5.92 Å². The van der Waals surface area contributed by atoms with Gasteiger partial charge in [-0.25, -0.2) is 4.79 Å². The zero-order chi connectivity index (χ0) is 9.68. The second-order valence-electron chi connectivity index (χ2n) is 3.15. The Morgan fingerprint density at radius 2 is 2.54 bits per heavy atom. The minimum Gasteiger partial charge on any atom is -0.465 e. The van der Waals surface area contributed by atoms with Gasteiger partial charge in [-0.3, -0.25) is 0 Å². The normalized spacial score (nSPS) is 22.2. The first kappa shape index (κ1) is 9.67. The number of likely N-dealkylation sites (tertiary alicyclic amines) is 1. The molecule has 0 spiro atoms. The summed E-state index contributed by atoms with van der Waals surface area (Å²) in [7, 11) is 0. The predicted octanol–water partition coefficient (Wildman–Crippen LogP) is 1.69. The number of hydrogen-bond donors (Lipinski definition) is 1. The third-order valence-corrected chi connectivity index (χ3v) is 2.19. The molecule has 1 atom stereocenters. The third kappa shape index (κ3) is 2.83. The molecule has 0 aromatic carbocycles. The van der Waals surface area contributed by atoms with Crippen molar-refractivity contribution >= 4 is 6.09 Å². The van der Waals surface area contributed by atoms with Crippen molar-refractivity contribution in [3.63, 3.8) is 0 Å². The number of rotatable bonds is 2. The van der Waals surface area contributed by atoms with Gasteiger partial charge >= 0.3 is 6.09 Å². The van der Waals surface area contributed by atoms with E-state index in [4.69, 9.17) is 10.6 Å². The molecule has 1 aliphatic rings. The number of azide groups is 1. The van der Waals surface area contributed by atoms with Crippen LogP contribution in [0.3, 0.4) is 0 Å². The van der Waals surface area contributed by atoms with Gasteiger partial charge in [-0.05, 0) is 24.3 Å². The summed E-state index contributed by atoms with van der Waals surface area (Å²) in [6, 6.07) is 0. The van der Waals surface area contributed by atoms with Gasteiger partial charge in [0.1, 0.15) is 0 Å². The van der Waals surface area contributed by atoms with Gasteiger partial charge < -0.3 is 10.0 Å². The third-order valence-electron chi connectivity index (χ3n) is 2.19. The molecule has 1 aliphatic heterocycles. The molecule has 1 N–H and O–H groups in total. The van der Waals surface area contributed by atoms with Crippen molar-refractivity contribution < 1.29 is 9.90 Å². The van der Waals surface area contributed by atoms with Crippen molar-refractivity contribution in [2.45, 2.75) is 12.8 Å². The van der Waals surface area contributed by atoms with E-state index in [1.807, 2.05) is 0 Å². The minimum absolute atomic E-state index is 0.195. The highest BCUT2D eigenvalue weighted by Crippen LogP contribution is 2.16. The summed E-state index contributed by atoms with van der Waals surface area (Å²) >= 11 is 0. The second-order valence-corrected chi connectivity index (χ2v) is 3.15. The monoisotopic (exact) mass is 184 g/mol. The molecule has 13 heavy (non-hydrogen) atoms. The quantitative estimate of drug-likeness (QED) is 0.402. The zero-order valence-corrected chi connectivity index (χ0v) is 7.26. The highest BCUT2D eigenvalue weighted by atomic mass is 16.4. The van der Waals surface area contributed by atoms with Crippen LogP contribution in [-0.2, 0) is 0 Å². The average Bonchev–Trinajstić information content (AvgIpc) is 2.15. The van der Waals surface area contributed by atoms with Gasteiger partial charge in [0.05, 0.1) is 0 Å². The number of amides is 1. The molecular weight excluding hydrogens is 172 g/mol. The molecule has 0 saturated carbocycles. The van der Waals surface area contributed by atoms with E-state index in [9.17, 15) is 4.79 Å². The SMILES string of the molecule is [N-]=[N+]=NCC1CCCN(C(=O)O)C1. The van der Waals surface area contributed by atoms with Gasteiger partial charge in [0.15, 0.2) is 0 Å².